The maximum Gasteiger partial charge on any atom is 0.246 e. The van der Waals surface area contributed by atoms with Gasteiger partial charge < -0.3 is 10.0 Å². The van der Waals surface area contributed by atoms with E-state index < -0.39 is 6.10 Å². The monoisotopic (exact) mass is 317 g/mol. The highest BCUT2D eigenvalue weighted by molar-refractivity contribution is 7.16. The van der Waals surface area contributed by atoms with Gasteiger partial charge in [0.05, 0.1) is 6.10 Å². The van der Waals surface area contributed by atoms with Gasteiger partial charge in [-0.25, -0.2) is 4.39 Å². The van der Waals surface area contributed by atoms with Gasteiger partial charge in [0.25, 0.3) is 0 Å². The highest BCUT2D eigenvalue weighted by Crippen LogP contribution is 2.29. The lowest BCUT2D eigenvalue weighted by atomic mass is 10.2. The molecule has 0 bridgehead atoms. The Hall–Kier alpha value is -1.98. The quantitative estimate of drug-likeness (QED) is 0.884. The van der Waals surface area contributed by atoms with E-state index in [1.807, 2.05) is 12.1 Å². The Balaban J connectivity index is 1.67. The molecule has 1 atom stereocenters. The van der Waals surface area contributed by atoms with Gasteiger partial charge in [-0.1, -0.05) is 12.1 Å². The number of β-amino-alcohol motifs (C(OH)–C–C–N with tert-alkyl or cyclic N) is 1. The third-order valence-corrected chi connectivity index (χ3v) is 4.72. The number of carbonyl (C=O) groups excluding carboxylic acids is 1. The molecular weight excluding hydrogens is 301 g/mol. The minimum atomic E-state index is -0.399. The van der Waals surface area contributed by atoms with Crippen molar-refractivity contribution in [1.82, 2.24) is 4.90 Å². The molecule has 0 radical (unpaired) electrons. The standard InChI is InChI=1S/C17H16FNO2S/c18-13-3-1-12(2-4-13)16-7-5-15(22-16)6-8-17(21)19-10-9-14(20)11-19/h1-8,14,20H,9-11H2/t14-/m1/s1. The molecule has 1 fully saturated rings. The van der Waals surface area contributed by atoms with Gasteiger partial charge in [-0.2, -0.15) is 0 Å². The van der Waals surface area contributed by atoms with Gasteiger partial charge >= 0.3 is 0 Å². The van der Waals surface area contributed by atoms with Gasteiger partial charge in [0.1, 0.15) is 5.82 Å². The number of benzene rings is 1. The highest BCUT2D eigenvalue weighted by Gasteiger charge is 2.22. The van der Waals surface area contributed by atoms with Crippen molar-refractivity contribution in [2.75, 3.05) is 13.1 Å². The van der Waals surface area contributed by atoms with Crippen LogP contribution in [0.2, 0.25) is 0 Å². The third kappa shape index (κ3) is 3.43. The van der Waals surface area contributed by atoms with Crippen LogP contribution in [0.25, 0.3) is 16.5 Å². The molecule has 0 saturated carbocycles. The highest BCUT2D eigenvalue weighted by atomic mass is 32.1. The first-order valence-electron chi connectivity index (χ1n) is 7.12. The van der Waals surface area contributed by atoms with Crippen molar-refractivity contribution in [2.45, 2.75) is 12.5 Å². The second kappa shape index (κ2) is 6.42. The van der Waals surface area contributed by atoms with Crippen molar-refractivity contribution in [3.8, 4) is 10.4 Å². The van der Waals surface area contributed by atoms with E-state index in [1.54, 1.807) is 34.4 Å². The lowest BCUT2D eigenvalue weighted by Gasteiger charge is -2.11. The summed E-state index contributed by atoms with van der Waals surface area (Å²) in [5.41, 5.74) is 0.958. The summed E-state index contributed by atoms with van der Waals surface area (Å²) >= 11 is 1.55. The van der Waals surface area contributed by atoms with Crippen LogP contribution in [0.5, 0.6) is 0 Å². The number of thiophene rings is 1. The van der Waals surface area contributed by atoms with Gasteiger partial charge in [0.2, 0.25) is 5.91 Å². The van der Waals surface area contributed by atoms with Crippen LogP contribution in [-0.4, -0.2) is 35.1 Å². The zero-order valence-corrected chi connectivity index (χ0v) is 12.7. The Kier molecular flexibility index (Phi) is 4.36. The number of halogens is 1. The minimum absolute atomic E-state index is 0.0757. The summed E-state index contributed by atoms with van der Waals surface area (Å²) in [7, 11) is 0. The van der Waals surface area contributed by atoms with E-state index in [2.05, 4.69) is 0 Å². The molecular formula is C17H16FNO2S. The fourth-order valence-corrected chi connectivity index (χ4v) is 3.33. The average molecular weight is 317 g/mol. The van der Waals surface area contributed by atoms with Crippen molar-refractivity contribution in [2.24, 2.45) is 0 Å². The van der Waals surface area contributed by atoms with Crippen LogP contribution >= 0.6 is 11.3 Å². The molecule has 1 saturated heterocycles. The Morgan fingerprint density at radius 1 is 1.27 bits per heavy atom. The van der Waals surface area contributed by atoms with Crippen LogP contribution in [0.1, 0.15) is 11.3 Å². The topological polar surface area (TPSA) is 40.5 Å². The van der Waals surface area contributed by atoms with E-state index >= 15 is 0 Å². The van der Waals surface area contributed by atoms with E-state index in [0.717, 1.165) is 15.3 Å². The zero-order chi connectivity index (χ0) is 15.5. The van der Waals surface area contributed by atoms with Crippen LogP contribution in [0.3, 0.4) is 0 Å². The predicted octanol–water partition coefficient (Wildman–Crippen LogP) is 3.16. The summed E-state index contributed by atoms with van der Waals surface area (Å²) in [6.07, 6.45) is 3.57. The summed E-state index contributed by atoms with van der Waals surface area (Å²) < 4.78 is 12.9. The number of aliphatic hydroxyl groups is 1. The fourth-order valence-electron chi connectivity index (χ4n) is 2.41. The largest absolute Gasteiger partial charge is 0.391 e. The number of amides is 1. The first-order chi connectivity index (χ1) is 10.6. The predicted molar refractivity (Wildman–Crippen MR) is 86.0 cm³/mol. The Bertz CT molecular complexity index is 693. The smallest absolute Gasteiger partial charge is 0.246 e. The van der Waals surface area contributed by atoms with E-state index in [0.29, 0.717) is 19.5 Å². The molecule has 0 spiro atoms. The number of nitrogens with zero attached hydrogens (tertiary/aromatic N) is 1. The van der Waals surface area contributed by atoms with E-state index in [-0.39, 0.29) is 11.7 Å². The summed E-state index contributed by atoms with van der Waals surface area (Å²) in [6, 6.07) is 10.3. The van der Waals surface area contributed by atoms with Crippen molar-refractivity contribution >= 4 is 23.3 Å². The third-order valence-electron chi connectivity index (χ3n) is 3.62. The molecule has 1 aromatic heterocycles. The molecule has 2 aromatic rings. The van der Waals surface area contributed by atoms with Crippen LogP contribution < -0.4 is 0 Å². The Morgan fingerprint density at radius 3 is 2.73 bits per heavy atom. The number of carbonyl (C=O) groups is 1. The molecule has 3 nitrogen and oxygen atoms in total. The Morgan fingerprint density at radius 2 is 2.05 bits per heavy atom. The number of hydrogen-bond acceptors (Lipinski definition) is 3. The molecule has 0 unspecified atom stereocenters. The molecule has 0 aliphatic carbocycles. The van der Waals surface area contributed by atoms with Gasteiger partial charge in [0.15, 0.2) is 0 Å². The normalized spacial score (nSPS) is 18.3. The minimum Gasteiger partial charge on any atom is -0.391 e. The molecule has 1 aliphatic heterocycles. The molecule has 1 aromatic carbocycles. The number of aliphatic hydroxyl groups excluding tert-OH is 1. The lowest BCUT2D eigenvalue weighted by molar-refractivity contribution is -0.125. The second-order valence-corrected chi connectivity index (χ2v) is 6.38. The van der Waals surface area contributed by atoms with Crippen molar-refractivity contribution < 1.29 is 14.3 Å². The van der Waals surface area contributed by atoms with Crippen LogP contribution in [-0.2, 0) is 4.79 Å². The SMILES string of the molecule is O=C(C=Cc1ccc(-c2ccc(F)cc2)s1)N1CC[C@@H](O)C1. The van der Waals surface area contributed by atoms with E-state index in [9.17, 15) is 14.3 Å². The first-order valence-corrected chi connectivity index (χ1v) is 7.94. The van der Waals surface area contributed by atoms with E-state index in [1.165, 1.54) is 18.2 Å². The second-order valence-electron chi connectivity index (χ2n) is 5.27. The van der Waals surface area contributed by atoms with Gasteiger partial charge in [-0.15, -0.1) is 11.3 Å². The van der Waals surface area contributed by atoms with Crippen molar-refractivity contribution in [3.63, 3.8) is 0 Å². The van der Waals surface area contributed by atoms with Gasteiger partial charge in [-0.05, 0) is 42.3 Å². The van der Waals surface area contributed by atoms with Gasteiger partial charge in [0, 0.05) is 28.9 Å². The van der Waals surface area contributed by atoms with Gasteiger partial charge in [-0.3, -0.25) is 4.79 Å². The Labute approximate surface area is 132 Å². The van der Waals surface area contributed by atoms with Crippen molar-refractivity contribution in [1.29, 1.82) is 0 Å². The average Bonchev–Trinajstić information content (AvgIpc) is 3.15. The zero-order valence-electron chi connectivity index (χ0n) is 11.9. The summed E-state index contributed by atoms with van der Waals surface area (Å²) in [4.78, 5) is 15.6. The molecule has 114 valence electrons. The summed E-state index contributed by atoms with van der Waals surface area (Å²) in [5.74, 6) is -0.327. The lowest BCUT2D eigenvalue weighted by Crippen LogP contribution is -2.27. The van der Waals surface area contributed by atoms with Crippen LogP contribution in [0.4, 0.5) is 4.39 Å². The maximum atomic E-state index is 12.9. The molecule has 3 rings (SSSR count). The van der Waals surface area contributed by atoms with Crippen LogP contribution in [0, 0.1) is 5.82 Å². The summed E-state index contributed by atoms with van der Waals surface area (Å²) in [6.45, 7) is 1.02. The molecule has 5 heteroatoms. The fraction of sp³-hybridized carbons (Fsp3) is 0.235. The van der Waals surface area contributed by atoms with E-state index in [4.69, 9.17) is 0 Å². The number of rotatable bonds is 3. The molecule has 22 heavy (non-hydrogen) atoms. The number of hydrogen-bond donors (Lipinski definition) is 1. The number of likely N-dealkylation sites (tertiary alicyclic amines) is 1. The molecule has 1 amide bonds. The van der Waals surface area contributed by atoms with Crippen LogP contribution in [0.15, 0.2) is 42.5 Å². The molecule has 1 aliphatic rings. The molecule has 2 heterocycles. The first kappa shape index (κ1) is 14.9. The van der Waals surface area contributed by atoms with Crippen molar-refractivity contribution in [3.05, 3.63) is 53.2 Å². The maximum absolute atomic E-state index is 12.9. The summed E-state index contributed by atoms with van der Waals surface area (Å²) in [5, 5.41) is 9.44. The molecule has 1 N–H and O–H groups in total.